The standard InChI is InChI=1S/C15H10Cl4N2/c16-6-5-15-20-13-7-11(18)12(19)8-14(13)21(15)10-3-1-9(17)2-4-10/h1-4,7-8H,5-6H2. The smallest absolute Gasteiger partial charge is 0.115 e. The van der Waals surface area contributed by atoms with Crippen LogP contribution in [0.15, 0.2) is 36.4 Å². The average molecular weight is 360 g/mol. The van der Waals surface area contributed by atoms with Gasteiger partial charge in [0.1, 0.15) is 5.82 Å². The fourth-order valence-electron chi connectivity index (χ4n) is 2.25. The zero-order chi connectivity index (χ0) is 15.0. The van der Waals surface area contributed by atoms with E-state index >= 15 is 0 Å². The number of nitrogens with zero attached hydrogens (tertiary/aromatic N) is 2. The molecule has 0 atom stereocenters. The van der Waals surface area contributed by atoms with Crippen LogP contribution in [0.4, 0.5) is 0 Å². The second kappa shape index (κ2) is 6.05. The molecule has 0 spiro atoms. The lowest BCUT2D eigenvalue weighted by atomic mass is 10.2. The molecule has 0 saturated carbocycles. The number of hydrogen-bond donors (Lipinski definition) is 0. The summed E-state index contributed by atoms with van der Waals surface area (Å²) >= 11 is 24.0. The van der Waals surface area contributed by atoms with E-state index in [0.717, 1.165) is 22.5 Å². The van der Waals surface area contributed by atoms with Crippen molar-refractivity contribution in [2.45, 2.75) is 6.42 Å². The minimum Gasteiger partial charge on any atom is -0.296 e. The summed E-state index contributed by atoms with van der Waals surface area (Å²) in [5.41, 5.74) is 2.65. The van der Waals surface area contributed by atoms with Crippen LogP contribution < -0.4 is 0 Å². The van der Waals surface area contributed by atoms with E-state index in [4.69, 9.17) is 46.4 Å². The Morgan fingerprint density at radius 3 is 2.29 bits per heavy atom. The molecule has 1 aromatic heterocycles. The molecule has 0 bridgehead atoms. The highest BCUT2D eigenvalue weighted by molar-refractivity contribution is 6.42. The molecule has 108 valence electrons. The number of fused-ring (bicyclic) bond motifs is 1. The van der Waals surface area contributed by atoms with Crippen molar-refractivity contribution in [3.05, 3.63) is 57.3 Å². The van der Waals surface area contributed by atoms with Gasteiger partial charge in [-0.05, 0) is 36.4 Å². The van der Waals surface area contributed by atoms with Crippen LogP contribution in [0.2, 0.25) is 15.1 Å². The lowest BCUT2D eigenvalue weighted by molar-refractivity contribution is 0.912. The largest absolute Gasteiger partial charge is 0.296 e. The number of halogens is 4. The first-order chi connectivity index (χ1) is 10.1. The highest BCUT2D eigenvalue weighted by atomic mass is 35.5. The van der Waals surface area contributed by atoms with Gasteiger partial charge in [-0.25, -0.2) is 4.98 Å². The molecule has 2 nitrogen and oxygen atoms in total. The number of imidazole rings is 1. The van der Waals surface area contributed by atoms with Gasteiger partial charge < -0.3 is 0 Å². The van der Waals surface area contributed by atoms with E-state index in [1.807, 2.05) is 34.9 Å². The van der Waals surface area contributed by atoms with Gasteiger partial charge in [0.25, 0.3) is 0 Å². The van der Waals surface area contributed by atoms with Gasteiger partial charge in [-0.1, -0.05) is 34.8 Å². The molecule has 3 aromatic rings. The van der Waals surface area contributed by atoms with Gasteiger partial charge in [-0.3, -0.25) is 4.57 Å². The summed E-state index contributed by atoms with van der Waals surface area (Å²) in [6.07, 6.45) is 0.647. The molecule has 0 N–H and O–H groups in total. The topological polar surface area (TPSA) is 17.8 Å². The number of benzene rings is 2. The van der Waals surface area contributed by atoms with Crippen LogP contribution in [0.1, 0.15) is 5.82 Å². The number of aromatic nitrogens is 2. The zero-order valence-corrected chi connectivity index (χ0v) is 13.8. The van der Waals surface area contributed by atoms with Crippen LogP contribution in [-0.2, 0) is 6.42 Å². The molecule has 3 rings (SSSR count). The quantitative estimate of drug-likeness (QED) is 0.543. The van der Waals surface area contributed by atoms with Crippen molar-refractivity contribution in [2.24, 2.45) is 0 Å². The van der Waals surface area contributed by atoms with Crippen LogP contribution in [0, 0.1) is 0 Å². The molecule has 0 aliphatic carbocycles. The van der Waals surface area contributed by atoms with Crippen molar-refractivity contribution < 1.29 is 0 Å². The third kappa shape index (κ3) is 2.86. The molecule has 21 heavy (non-hydrogen) atoms. The van der Waals surface area contributed by atoms with E-state index in [1.165, 1.54) is 0 Å². The van der Waals surface area contributed by atoms with Crippen molar-refractivity contribution in [3.8, 4) is 5.69 Å². The summed E-state index contributed by atoms with van der Waals surface area (Å²) in [5.74, 6) is 1.35. The lowest BCUT2D eigenvalue weighted by Gasteiger charge is -2.09. The molecular formula is C15H10Cl4N2. The predicted molar refractivity (Wildman–Crippen MR) is 90.5 cm³/mol. The lowest BCUT2D eigenvalue weighted by Crippen LogP contribution is -2.02. The number of rotatable bonds is 3. The summed E-state index contributed by atoms with van der Waals surface area (Å²) < 4.78 is 2.02. The second-order valence-electron chi connectivity index (χ2n) is 4.53. The molecule has 6 heteroatoms. The average Bonchev–Trinajstić information content (AvgIpc) is 2.78. The summed E-state index contributed by atoms with van der Waals surface area (Å²) in [5, 5.41) is 1.67. The van der Waals surface area contributed by atoms with E-state index in [9.17, 15) is 0 Å². The van der Waals surface area contributed by atoms with Crippen LogP contribution >= 0.6 is 46.4 Å². The molecule has 0 unspecified atom stereocenters. The van der Waals surface area contributed by atoms with Gasteiger partial charge in [0.15, 0.2) is 0 Å². The third-order valence-corrected chi connectivity index (χ3v) is 4.33. The maximum Gasteiger partial charge on any atom is 0.115 e. The first-order valence-corrected chi connectivity index (χ1v) is 7.95. The fourth-order valence-corrected chi connectivity index (χ4v) is 2.86. The van der Waals surface area contributed by atoms with Crippen molar-refractivity contribution in [3.63, 3.8) is 0 Å². The van der Waals surface area contributed by atoms with Gasteiger partial charge in [0.2, 0.25) is 0 Å². The Morgan fingerprint density at radius 1 is 0.952 bits per heavy atom. The van der Waals surface area contributed by atoms with Gasteiger partial charge in [-0.2, -0.15) is 0 Å². The van der Waals surface area contributed by atoms with Crippen LogP contribution in [0.3, 0.4) is 0 Å². The van der Waals surface area contributed by atoms with Gasteiger partial charge in [-0.15, -0.1) is 11.6 Å². The Balaban J connectivity index is 2.29. The number of alkyl halides is 1. The number of aryl methyl sites for hydroxylation is 1. The SMILES string of the molecule is ClCCc1nc2cc(Cl)c(Cl)cc2n1-c1ccc(Cl)cc1. The van der Waals surface area contributed by atoms with E-state index in [1.54, 1.807) is 6.07 Å². The van der Waals surface area contributed by atoms with Gasteiger partial charge >= 0.3 is 0 Å². The van der Waals surface area contributed by atoms with Crippen molar-refractivity contribution >= 4 is 57.4 Å². The van der Waals surface area contributed by atoms with Gasteiger partial charge in [0, 0.05) is 23.0 Å². The predicted octanol–water partition coefficient (Wildman–Crippen LogP) is 5.77. The van der Waals surface area contributed by atoms with Crippen LogP contribution in [0.25, 0.3) is 16.7 Å². The zero-order valence-electron chi connectivity index (χ0n) is 10.8. The van der Waals surface area contributed by atoms with E-state index < -0.39 is 0 Å². The Kier molecular flexibility index (Phi) is 4.32. The minimum atomic E-state index is 0.484. The van der Waals surface area contributed by atoms with Crippen LogP contribution in [-0.4, -0.2) is 15.4 Å². The second-order valence-corrected chi connectivity index (χ2v) is 6.16. The molecular weight excluding hydrogens is 350 g/mol. The summed E-state index contributed by atoms with van der Waals surface area (Å²) in [6.45, 7) is 0. The van der Waals surface area contributed by atoms with E-state index in [2.05, 4.69) is 4.98 Å². The fraction of sp³-hybridized carbons (Fsp3) is 0.133. The summed E-state index contributed by atoms with van der Waals surface area (Å²) in [7, 11) is 0. The summed E-state index contributed by atoms with van der Waals surface area (Å²) in [4.78, 5) is 4.61. The molecule has 0 amide bonds. The minimum absolute atomic E-state index is 0.484. The monoisotopic (exact) mass is 358 g/mol. The Bertz CT molecular complexity index is 794. The normalized spacial score (nSPS) is 11.2. The molecule has 0 fully saturated rings. The Morgan fingerprint density at radius 2 is 1.62 bits per heavy atom. The van der Waals surface area contributed by atoms with Crippen LogP contribution in [0.5, 0.6) is 0 Å². The Labute approximate surface area is 142 Å². The molecule has 0 aliphatic heterocycles. The van der Waals surface area contributed by atoms with Gasteiger partial charge in [0.05, 0.1) is 21.1 Å². The third-order valence-electron chi connectivity index (χ3n) is 3.17. The van der Waals surface area contributed by atoms with Crippen molar-refractivity contribution in [2.75, 3.05) is 5.88 Å². The molecule has 0 radical (unpaired) electrons. The van der Waals surface area contributed by atoms with E-state index in [-0.39, 0.29) is 0 Å². The molecule has 1 heterocycles. The van der Waals surface area contributed by atoms with E-state index in [0.29, 0.717) is 27.4 Å². The highest BCUT2D eigenvalue weighted by Crippen LogP contribution is 2.30. The molecule has 2 aromatic carbocycles. The van der Waals surface area contributed by atoms with Crippen molar-refractivity contribution in [1.82, 2.24) is 9.55 Å². The first-order valence-electron chi connectivity index (χ1n) is 6.28. The first kappa shape index (κ1) is 15.0. The maximum atomic E-state index is 6.14. The summed E-state index contributed by atoms with van der Waals surface area (Å²) in [6, 6.07) is 11.1. The molecule has 0 saturated heterocycles. The maximum absolute atomic E-state index is 6.14. The number of hydrogen-bond acceptors (Lipinski definition) is 1. The highest BCUT2D eigenvalue weighted by Gasteiger charge is 2.14. The Hall–Kier alpha value is -0.930. The molecule has 0 aliphatic rings. The van der Waals surface area contributed by atoms with Crippen molar-refractivity contribution in [1.29, 1.82) is 0 Å².